The van der Waals surface area contributed by atoms with Gasteiger partial charge in [-0.1, -0.05) is 36.8 Å². The van der Waals surface area contributed by atoms with Crippen LogP contribution in [0.4, 0.5) is 4.79 Å². The molecule has 0 aliphatic heterocycles. The Hall–Kier alpha value is -3.06. The van der Waals surface area contributed by atoms with Gasteiger partial charge in [-0.2, -0.15) is 0 Å². The Balaban J connectivity index is 0.000000269. The molecule has 7 heteroatoms. The van der Waals surface area contributed by atoms with E-state index >= 15 is 0 Å². The van der Waals surface area contributed by atoms with Gasteiger partial charge in [-0.05, 0) is 43.4 Å². The Labute approximate surface area is 176 Å². The van der Waals surface area contributed by atoms with Crippen LogP contribution in [0, 0.1) is 0 Å². The summed E-state index contributed by atoms with van der Waals surface area (Å²) in [4.78, 5) is 22.5. The van der Waals surface area contributed by atoms with E-state index in [0.717, 1.165) is 25.7 Å². The van der Waals surface area contributed by atoms with E-state index < -0.39 is 12.2 Å². The molecule has 30 heavy (non-hydrogen) atoms. The predicted molar refractivity (Wildman–Crippen MR) is 113 cm³/mol. The number of carbonyl (C=O) groups is 2. The Morgan fingerprint density at radius 1 is 0.967 bits per heavy atom. The van der Waals surface area contributed by atoms with E-state index in [2.05, 4.69) is 0 Å². The third-order valence-electron chi connectivity index (χ3n) is 4.83. The van der Waals surface area contributed by atoms with Gasteiger partial charge in [-0.15, -0.1) is 0 Å². The van der Waals surface area contributed by atoms with Crippen LogP contribution in [0.2, 0.25) is 0 Å². The summed E-state index contributed by atoms with van der Waals surface area (Å²) in [5.74, 6) is 0.694. The Kier molecular flexibility index (Phi) is 9.15. The largest absolute Gasteiger partial charge is 0.497 e. The molecule has 0 heterocycles. The number of primary amides is 1. The zero-order valence-corrected chi connectivity index (χ0v) is 17.4. The Bertz CT molecular complexity index is 795. The number of aliphatic hydroxyl groups is 1. The fourth-order valence-electron chi connectivity index (χ4n) is 3.25. The first-order valence-electron chi connectivity index (χ1n) is 9.91. The lowest BCUT2D eigenvalue weighted by Gasteiger charge is -2.20. The summed E-state index contributed by atoms with van der Waals surface area (Å²) in [6.07, 6.45) is 3.79. The van der Waals surface area contributed by atoms with Crippen molar-refractivity contribution in [3.8, 4) is 11.5 Å². The van der Waals surface area contributed by atoms with Crippen LogP contribution in [-0.2, 0) is 4.74 Å². The number of hydrogen-bond acceptors (Lipinski definition) is 6. The summed E-state index contributed by atoms with van der Waals surface area (Å²) in [7, 11) is 3.04. The van der Waals surface area contributed by atoms with Crippen molar-refractivity contribution in [1.82, 2.24) is 0 Å². The van der Waals surface area contributed by atoms with Crippen LogP contribution in [0.1, 0.15) is 54.1 Å². The molecule has 0 radical (unpaired) electrons. The van der Waals surface area contributed by atoms with Gasteiger partial charge in [0.05, 0.1) is 14.2 Å². The molecule has 1 saturated carbocycles. The van der Waals surface area contributed by atoms with Gasteiger partial charge in [-0.3, -0.25) is 4.79 Å². The number of Topliss-reactive ketones (excluding diaryl/α,β-unsaturated/α-hetero) is 1. The second-order valence-electron chi connectivity index (χ2n) is 6.98. The quantitative estimate of drug-likeness (QED) is 0.690. The van der Waals surface area contributed by atoms with Crippen molar-refractivity contribution in [2.24, 2.45) is 5.73 Å². The molecule has 0 saturated heterocycles. The molecule has 2 aromatic rings. The van der Waals surface area contributed by atoms with E-state index in [1.165, 1.54) is 20.6 Å². The number of hydrogen-bond donors (Lipinski definition) is 2. The summed E-state index contributed by atoms with van der Waals surface area (Å²) in [6.45, 7) is 0. The first-order valence-corrected chi connectivity index (χ1v) is 9.91. The molecule has 0 spiro atoms. The molecule has 1 amide bonds. The summed E-state index contributed by atoms with van der Waals surface area (Å²) in [5.41, 5.74) is 5.76. The van der Waals surface area contributed by atoms with Crippen LogP contribution in [-0.4, -0.2) is 37.3 Å². The molecule has 3 N–H and O–H groups in total. The number of rotatable bonds is 6. The summed E-state index contributed by atoms with van der Waals surface area (Å²) >= 11 is 0. The van der Waals surface area contributed by atoms with Crippen LogP contribution < -0.4 is 15.2 Å². The fraction of sp³-hybridized carbons (Fsp3) is 0.391. The van der Waals surface area contributed by atoms with Gasteiger partial charge in [0.2, 0.25) is 0 Å². The van der Waals surface area contributed by atoms with E-state index in [1.807, 2.05) is 6.07 Å². The van der Waals surface area contributed by atoms with Crippen LogP contribution in [0.25, 0.3) is 0 Å². The molecule has 2 aromatic carbocycles. The highest BCUT2D eigenvalue weighted by Crippen LogP contribution is 2.28. The molecule has 0 bridgehead atoms. The predicted octanol–water partition coefficient (Wildman–Crippen LogP) is 4.03. The standard InChI is InChI=1S/C16H16O4.C7H13NO2/c1-19-13-8-12(9-14(10-13)20-2)16(18)15(17)11-6-4-3-5-7-11;8-7(9)10-6-4-2-1-3-5-6/h3-10,16,18H,1-2H3;6H,1-5H2,(H2,8,9). The lowest BCUT2D eigenvalue weighted by atomic mass is 9.98. The van der Waals surface area contributed by atoms with Crippen molar-refractivity contribution in [3.63, 3.8) is 0 Å². The van der Waals surface area contributed by atoms with Crippen molar-refractivity contribution in [2.75, 3.05) is 14.2 Å². The maximum atomic E-state index is 12.2. The van der Waals surface area contributed by atoms with Crippen molar-refractivity contribution in [2.45, 2.75) is 44.3 Å². The fourth-order valence-corrected chi connectivity index (χ4v) is 3.25. The van der Waals surface area contributed by atoms with E-state index in [1.54, 1.807) is 42.5 Å². The number of amides is 1. The number of aliphatic hydroxyl groups excluding tert-OH is 1. The molecular weight excluding hydrogens is 386 g/mol. The first-order chi connectivity index (χ1) is 14.4. The minimum absolute atomic E-state index is 0.103. The van der Waals surface area contributed by atoms with Gasteiger partial charge in [0.15, 0.2) is 5.78 Å². The lowest BCUT2D eigenvalue weighted by molar-refractivity contribution is 0.0746. The average Bonchev–Trinajstić information content (AvgIpc) is 2.79. The van der Waals surface area contributed by atoms with Gasteiger partial charge in [-0.25, -0.2) is 4.79 Å². The van der Waals surface area contributed by atoms with Crippen molar-refractivity contribution in [1.29, 1.82) is 0 Å². The summed E-state index contributed by atoms with van der Waals surface area (Å²) in [6, 6.07) is 13.6. The van der Waals surface area contributed by atoms with Crippen LogP contribution >= 0.6 is 0 Å². The van der Waals surface area contributed by atoms with E-state index in [4.69, 9.17) is 19.9 Å². The molecule has 1 fully saturated rings. The van der Waals surface area contributed by atoms with Crippen molar-refractivity contribution < 1.29 is 28.9 Å². The van der Waals surface area contributed by atoms with Gasteiger partial charge >= 0.3 is 6.09 Å². The number of methoxy groups -OCH3 is 2. The first kappa shape index (κ1) is 23.2. The Morgan fingerprint density at radius 3 is 2.03 bits per heavy atom. The highest BCUT2D eigenvalue weighted by Gasteiger charge is 2.20. The molecule has 1 atom stereocenters. The van der Waals surface area contributed by atoms with Crippen LogP contribution in [0.15, 0.2) is 48.5 Å². The summed E-state index contributed by atoms with van der Waals surface area (Å²) in [5, 5.41) is 10.2. The van der Waals surface area contributed by atoms with Gasteiger partial charge < -0.3 is 25.1 Å². The van der Waals surface area contributed by atoms with Crippen LogP contribution in [0.5, 0.6) is 11.5 Å². The Morgan fingerprint density at radius 2 is 1.53 bits per heavy atom. The van der Waals surface area contributed by atoms with Gasteiger partial charge in [0, 0.05) is 11.6 Å². The molecule has 0 aromatic heterocycles. The highest BCUT2D eigenvalue weighted by molar-refractivity contribution is 5.99. The molecule has 1 aliphatic rings. The van der Waals surface area contributed by atoms with E-state index in [0.29, 0.717) is 22.6 Å². The lowest BCUT2D eigenvalue weighted by Crippen LogP contribution is -2.24. The smallest absolute Gasteiger partial charge is 0.404 e. The van der Waals surface area contributed by atoms with Gasteiger partial charge in [0.25, 0.3) is 0 Å². The number of nitrogens with two attached hydrogens (primary N) is 1. The number of ether oxygens (including phenoxy) is 3. The number of carbonyl (C=O) groups excluding carboxylic acids is 2. The normalized spacial score (nSPS) is 14.6. The molecule has 7 nitrogen and oxygen atoms in total. The van der Waals surface area contributed by atoms with Crippen LogP contribution in [0.3, 0.4) is 0 Å². The third-order valence-corrected chi connectivity index (χ3v) is 4.83. The molecular formula is C23H29NO6. The zero-order valence-electron chi connectivity index (χ0n) is 17.4. The van der Waals surface area contributed by atoms with E-state index in [-0.39, 0.29) is 11.9 Å². The SMILES string of the molecule is COc1cc(OC)cc(C(O)C(=O)c2ccccc2)c1.NC(=O)OC1CCCCC1. The molecule has 162 valence electrons. The molecule has 3 rings (SSSR count). The van der Waals surface area contributed by atoms with Crippen molar-refractivity contribution in [3.05, 3.63) is 59.7 Å². The monoisotopic (exact) mass is 415 g/mol. The molecule has 1 unspecified atom stereocenters. The minimum atomic E-state index is -1.25. The van der Waals surface area contributed by atoms with Gasteiger partial charge in [0.1, 0.15) is 23.7 Å². The second-order valence-corrected chi connectivity index (χ2v) is 6.98. The van der Waals surface area contributed by atoms with E-state index in [9.17, 15) is 14.7 Å². The molecule has 1 aliphatic carbocycles. The average molecular weight is 415 g/mol. The third kappa shape index (κ3) is 7.08. The zero-order chi connectivity index (χ0) is 21.9. The minimum Gasteiger partial charge on any atom is -0.497 e. The topological polar surface area (TPSA) is 108 Å². The number of benzene rings is 2. The highest BCUT2D eigenvalue weighted by atomic mass is 16.6. The van der Waals surface area contributed by atoms with Crippen molar-refractivity contribution >= 4 is 11.9 Å². The summed E-state index contributed by atoms with van der Waals surface area (Å²) < 4.78 is 15.1. The number of ketones is 1. The maximum absolute atomic E-state index is 12.2. The second kappa shape index (κ2) is 11.8. The maximum Gasteiger partial charge on any atom is 0.404 e.